The van der Waals surface area contributed by atoms with E-state index in [1.807, 2.05) is 7.05 Å². The number of aryl methyl sites for hydroxylation is 1. The van der Waals surface area contributed by atoms with Gasteiger partial charge < -0.3 is 15.5 Å². The van der Waals surface area contributed by atoms with Crippen LogP contribution in [0.5, 0.6) is 0 Å². The van der Waals surface area contributed by atoms with E-state index < -0.39 is 0 Å². The van der Waals surface area contributed by atoms with E-state index in [0.717, 1.165) is 32.0 Å². The lowest BCUT2D eigenvalue weighted by atomic mass is 9.99. The molecule has 0 amide bonds. The van der Waals surface area contributed by atoms with Crippen molar-refractivity contribution in [3.63, 3.8) is 0 Å². The first-order valence-corrected chi connectivity index (χ1v) is 9.15. The monoisotopic (exact) mass is 460 g/mol. The molecule has 5 heteroatoms. The highest BCUT2D eigenvalue weighted by Gasteiger charge is 2.07. The average Bonchev–Trinajstić information content (AvgIpc) is 2.56. The van der Waals surface area contributed by atoms with Crippen LogP contribution in [-0.4, -0.2) is 50.6 Å². The average molecular weight is 460 g/mol. The molecular weight excluding hydrogens is 423 g/mol. The Morgan fingerprint density at radius 1 is 1.16 bits per heavy atom. The van der Waals surface area contributed by atoms with Crippen molar-refractivity contribution in [3.05, 3.63) is 35.4 Å². The Morgan fingerprint density at radius 2 is 1.88 bits per heavy atom. The Labute approximate surface area is 171 Å². The standard InChI is InChI=1S/C20H36N4.HI/c1-16(2)24(6)13-8-7-12-22-20(21-5)23-15-18(4)19-11-9-10-17(3)14-19;/h9-11,14,16,18H,7-8,12-13,15H2,1-6H3,(H2,21,22,23);1H. The van der Waals surface area contributed by atoms with E-state index in [4.69, 9.17) is 0 Å². The van der Waals surface area contributed by atoms with Gasteiger partial charge in [0.1, 0.15) is 0 Å². The second-order valence-corrected chi connectivity index (χ2v) is 6.98. The number of guanidine groups is 1. The summed E-state index contributed by atoms with van der Waals surface area (Å²) >= 11 is 0. The first kappa shape index (κ1) is 24.2. The lowest BCUT2D eigenvalue weighted by Crippen LogP contribution is -2.39. The maximum Gasteiger partial charge on any atom is 0.190 e. The third kappa shape index (κ3) is 10.0. The Hall–Kier alpha value is -0.820. The van der Waals surface area contributed by atoms with Gasteiger partial charge in [0.25, 0.3) is 0 Å². The molecule has 1 aromatic carbocycles. The molecule has 0 fully saturated rings. The summed E-state index contributed by atoms with van der Waals surface area (Å²) in [6.45, 7) is 11.9. The number of nitrogens with one attached hydrogen (secondary N) is 2. The van der Waals surface area contributed by atoms with E-state index >= 15 is 0 Å². The van der Waals surface area contributed by atoms with Gasteiger partial charge in [0.15, 0.2) is 5.96 Å². The minimum absolute atomic E-state index is 0. The molecule has 1 unspecified atom stereocenters. The van der Waals surface area contributed by atoms with Crippen LogP contribution in [0.2, 0.25) is 0 Å². The zero-order chi connectivity index (χ0) is 17.9. The van der Waals surface area contributed by atoms with Crippen LogP contribution >= 0.6 is 24.0 Å². The van der Waals surface area contributed by atoms with E-state index in [1.54, 1.807) is 0 Å². The number of aliphatic imine (C=N–C) groups is 1. The predicted molar refractivity (Wildman–Crippen MR) is 121 cm³/mol. The fraction of sp³-hybridized carbons (Fsp3) is 0.650. The van der Waals surface area contributed by atoms with Crippen molar-refractivity contribution in [2.24, 2.45) is 4.99 Å². The summed E-state index contributed by atoms with van der Waals surface area (Å²) in [4.78, 5) is 6.70. The van der Waals surface area contributed by atoms with Gasteiger partial charge >= 0.3 is 0 Å². The first-order valence-electron chi connectivity index (χ1n) is 9.15. The van der Waals surface area contributed by atoms with Crippen molar-refractivity contribution < 1.29 is 0 Å². The van der Waals surface area contributed by atoms with Gasteiger partial charge in [-0.05, 0) is 58.7 Å². The largest absolute Gasteiger partial charge is 0.356 e. The van der Waals surface area contributed by atoms with E-state index in [0.29, 0.717) is 12.0 Å². The van der Waals surface area contributed by atoms with Gasteiger partial charge in [0, 0.05) is 26.2 Å². The number of benzene rings is 1. The van der Waals surface area contributed by atoms with E-state index in [2.05, 4.69) is 79.5 Å². The number of hydrogen-bond acceptors (Lipinski definition) is 2. The SMILES string of the molecule is CN=C(NCCCCN(C)C(C)C)NCC(C)c1cccc(C)c1.I. The summed E-state index contributed by atoms with van der Waals surface area (Å²) in [5.74, 6) is 1.36. The maximum absolute atomic E-state index is 4.32. The molecule has 0 heterocycles. The minimum atomic E-state index is 0. The second-order valence-electron chi connectivity index (χ2n) is 6.98. The maximum atomic E-state index is 4.32. The molecule has 0 aliphatic heterocycles. The van der Waals surface area contributed by atoms with Gasteiger partial charge in [0.2, 0.25) is 0 Å². The highest BCUT2D eigenvalue weighted by Crippen LogP contribution is 2.15. The molecule has 0 aliphatic rings. The number of rotatable bonds is 9. The van der Waals surface area contributed by atoms with Gasteiger partial charge in [-0.15, -0.1) is 24.0 Å². The fourth-order valence-corrected chi connectivity index (χ4v) is 2.52. The van der Waals surface area contributed by atoms with Crippen LogP contribution in [0, 0.1) is 6.92 Å². The Balaban J connectivity index is 0.00000576. The third-order valence-electron chi connectivity index (χ3n) is 4.52. The van der Waals surface area contributed by atoms with Crippen molar-refractivity contribution in [3.8, 4) is 0 Å². The Bertz CT molecular complexity index is 502. The van der Waals surface area contributed by atoms with Crippen molar-refractivity contribution in [2.45, 2.75) is 52.5 Å². The van der Waals surface area contributed by atoms with Crippen LogP contribution in [0.1, 0.15) is 50.7 Å². The normalized spacial score (nSPS) is 12.9. The molecule has 144 valence electrons. The van der Waals surface area contributed by atoms with Crippen molar-refractivity contribution in [2.75, 3.05) is 33.7 Å². The zero-order valence-electron chi connectivity index (χ0n) is 16.8. The number of halogens is 1. The summed E-state index contributed by atoms with van der Waals surface area (Å²) in [5.41, 5.74) is 2.68. The molecule has 25 heavy (non-hydrogen) atoms. The summed E-state index contributed by atoms with van der Waals surface area (Å²) in [6, 6.07) is 9.34. The van der Waals surface area contributed by atoms with Crippen molar-refractivity contribution >= 4 is 29.9 Å². The van der Waals surface area contributed by atoms with E-state index in [1.165, 1.54) is 17.5 Å². The molecule has 0 radical (unpaired) electrons. The molecule has 1 aromatic rings. The molecule has 0 aromatic heterocycles. The second kappa shape index (κ2) is 13.4. The topological polar surface area (TPSA) is 39.7 Å². The van der Waals surface area contributed by atoms with Crippen LogP contribution in [0.15, 0.2) is 29.3 Å². The molecule has 0 aliphatic carbocycles. The molecular formula is C20H37IN4. The lowest BCUT2D eigenvalue weighted by Gasteiger charge is -2.21. The predicted octanol–water partition coefficient (Wildman–Crippen LogP) is 4.00. The molecule has 1 atom stereocenters. The summed E-state index contributed by atoms with van der Waals surface area (Å²) in [7, 11) is 4.02. The third-order valence-corrected chi connectivity index (χ3v) is 4.52. The van der Waals surface area contributed by atoms with Gasteiger partial charge in [-0.2, -0.15) is 0 Å². The Kier molecular flexibility index (Phi) is 13.0. The van der Waals surface area contributed by atoms with Crippen molar-refractivity contribution in [1.82, 2.24) is 15.5 Å². The quantitative estimate of drug-likeness (QED) is 0.253. The number of unbranched alkanes of at least 4 members (excludes halogenated alkanes) is 1. The van der Waals surface area contributed by atoms with Gasteiger partial charge in [0.05, 0.1) is 0 Å². The number of nitrogens with zero attached hydrogens (tertiary/aromatic N) is 2. The van der Waals surface area contributed by atoms with Gasteiger partial charge in [-0.3, -0.25) is 4.99 Å². The summed E-state index contributed by atoms with van der Waals surface area (Å²) in [6.07, 6.45) is 2.36. The summed E-state index contributed by atoms with van der Waals surface area (Å²) < 4.78 is 0. The molecule has 4 nitrogen and oxygen atoms in total. The van der Waals surface area contributed by atoms with Gasteiger partial charge in [-0.25, -0.2) is 0 Å². The highest BCUT2D eigenvalue weighted by molar-refractivity contribution is 14.0. The fourth-order valence-electron chi connectivity index (χ4n) is 2.52. The molecule has 1 rings (SSSR count). The lowest BCUT2D eigenvalue weighted by molar-refractivity contribution is 0.268. The van der Waals surface area contributed by atoms with Gasteiger partial charge in [-0.1, -0.05) is 36.8 Å². The van der Waals surface area contributed by atoms with E-state index in [-0.39, 0.29) is 24.0 Å². The van der Waals surface area contributed by atoms with Crippen molar-refractivity contribution in [1.29, 1.82) is 0 Å². The first-order chi connectivity index (χ1) is 11.4. The molecule has 0 spiro atoms. The minimum Gasteiger partial charge on any atom is -0.356 e. The molecule has 0 saturated heterocycles. The van der Waals surface area contributed by atoms with Crippen LogP contribution in [0.3, 0.4) is 0 Å². The van der Waals surface area contributed by atoms with Crippen LogP contribution in [0.25, 0.3) is 0 Å². The smallest absolute Gasteiger partial charge is 0.190 e. The summed E-state index contributed by atoms with van der Waals surface area (Å²) in [5, 5.41) is 6.84. The zero-order valence-corrected chi connectivity index (χ0v) is 19.1. The molecule has 0 saturated carbocycles. The van der Waals surface area contributed by atoms with E-state index in [9.17, 15) is 0 Å². The van der Waals surface area contributed by atoms with Crippen LogP contribution in [-0.2, 0) is 0 Å². The van der Waals surface area contributed by atoms with Crippen LogP contribution < -0.4 is 10.6 Å². The highest BCUT2D eigenvalue weighted by atomic mass is 127. The molecule has 2 N–H and O–H groups in total. The Morgan fingerprint density at radius 3 is 2.48 bits per heavy atom. The molecule has 0 bridgehead atoms. The van der Waals surface area contributed by atoms with Crippen LogP contribution in [0.4, 0.5) is 0 Å². The number of hydrogen-bond donors (Lipinski definition) is 2.